The minimum absolute atomic E-state index is 0.0304. The van der Waals surface area contributed by atoms with Crippen LogP contribution < -0.4 is 0 Å². The van der Waals surface area contributed by atoms with Gasteiger partial charge in [-0.1, -0.05) is 32.1 Å². The largest absolute Gasteiger partial charge is 0.478 e. The first-order valence-electron chi connectivity index (χ1n) is 6.74. The molecule has 0 saturated carbocycles. The molecule has 0 aliphatic rings. The first-order valence-corrected chi connectivity index (χ1v) is 8.18. The van der Waals surface area contributed by atoms with Crippen molar-refractivity contribution in [3.05, 3.63) is 41.5 Å². The molecule has 116 valence electrons. The number of nitrogens with zero attached hydrogens (tertiary/aromatic N) is 1. The van der Waals surface area contributed by atoms with E-state index in [0.29, 0.717) is 18.5 Å². The van der Waals surface area contributed by atoms with Gasteiger partial charge in [-0.05, 0) is 31.0 Å². The van der Waals surface area contributed by atoms with E-state index in [4.69, 9.17) is 5.11 Å². The highest BCUT2D eigenvalue weighted by Gasteiger charge is 2.26. The molecule has 0 fully saturated rings. The number of sulfonamides is 1. The zero-order chi connectivity index (χ0) is 16.2. The Morgan fingerprint density at radius 1 is 1.33 bits per heavy atom. The third-order valence-electron chi connectivity index (χ3n) is 3.11. The van der Waals surface area contributed by atoms with Gasteiger partial charge in [-0.25, -0.2) is 13.2 Å². The van der Waals surface area contributed by atoms with E-state index in [1.54, 1.807) is 19.9 Å². The van der Waals surface area contributed by atoms with Crippen molar-refractivity contribution in [3.63, 3.8) is 0 Å². The topological polar surface area (TPSA) is 74.7 Å². The van der Waals surface area contributed by atoms with Crippen molar-refractivity contribution in [1.29, 1.82) is 0 Å². The van der Waals surface area contributed by atoms with Gasteiger partial charge in [-0.2, -0.15) is 4.31 Å². The molecule has 0 heterocycles. The molecular weight excluding hydrogens is 290 g/mol. The predicted molar refractivity (Wildman–Crippen MR) is 82.0 cm³/mol. The van der Waals surface area contributed by atoms with Crippen LogP contribution >= 0.6 is 0 Å². The highest BCUT2D eigenvalue weighted by atomic mass is 32.2. The SMILES string of the molecule is C=C(C)CN(CC)S(=O)(=O)c1cc(C(=O)O)ccc1CC. The Morgan fingerprint density at radius 3 is 2.38 bits per heavy atom. The van der Waals surface area contributed by atoms with Gasteiger partial charge in [0.2, 0.25) is 10.0 Å². The number of carboxylic acids is 1. The van der Waals surface area contributed by atoms with Gasteiger partial charge < -0.3 is 5.11 Å². The average molecular weight is 311 g/mol. The second-order valence-corrected chi connectivity index (χ2v) is 6.78. The molecule has 0 saturated heterocycles. The lowest BCUT2D eigenvalue weighted by Gasteiger charge is -2.22. The minimum Gasteiger partial charge on any atom is -0.478 e. The lowest BCUT2D eigenvalue weighted by molar-refractivity contribution is 0.0696. The molecule has 21 heavy (non-hydrogen) atoms. The van der Waals surface area contributed by atoms with E-state index in [9.17, 15) is 13.2 Å². The molecule has 0 amide bonds. The molecule has 0 aromatic heterocycles. The molecule has 0 aliphatic heterocycles. The smallest absolute Gasteiger partial charge is 0.335 e. The Labute approximate surface area is 126 Å². The van der Waals surface area contributed by atoms with Crippen LogP contribution in [0.2, 0.25) is 0 Å². The van der Waals surface area contributed by atoms with Gasteiger partial charge in [0.1, 0.15) is 0 Å². The number of benzene rings is 1. The maximum Gasteiger partial charge on any atom is 0.335 e. The van der Waals surface area contributed by atoms with E-state index in [0.717, 1.165) is 5.57 Å². The summed E-state index contributed by atoms with van der Waals surface area (Å²) >= 11 is 0. The number of carboxylic acid groups (broad SMARTS) is 1. The number of likely N-dealkylation sites (N-methyl/N-ethyl adjacent to an activating group) is 1. The summed E-state index contributed by atoms with van der Waals surface area (Å²) in [6, 6.07) is 4.22. The van der Waals surface area contributed by atoms with E-state index in [1.165, 1.54) is 16.4 Å². The summed E-state index contributed by atoms with van der Waals surface area (Å²) in [5.41, 5.74) is 1.31. The second kappa shape index (κ2) is 6.87. The first-order chi connectivity index (χ1) is 9.73. The Kier molecular flexibility index (Phi) is 5.69. The van der Waals surface area contributed by atoms with E-state index in [1.807, 2.05) is 6.92 Å². The highest BCUT2D eigenvalue weighted by Crippen LogP contribution is 2.23. The maximum absolute atomic E-state index is 12.7. The molecular formula is C15H21NO4S. The van der Waals surface area contributed by atoms with Gasteiger partial charge in [-0.15, -0.1) is 0 Å². The molecule has 0 bridgehead atoms. The third-order valence-corrected chi connectivity index (χ3v) is 5.11. The van der Waals surface area contributed by atoms with E-state index in [2.05, 4.69) is 6.58 Å². The van der Waals surface area contributed by atoms with Crippen molar-refractivity contribution in [2.75, 3.05) is 13.1 Å². The molecule has 5 nitrogen and oxygen atoms in total. The fraction of sp³-hybridized carbons (Fsp3) is 0.400. The Hall–Kier alpha value is -1.66. The molecule has 1 N–H and O–H groups in total. The first kappa shape index (κ1) is 17.4. The van der Waals surface area contributed by atoms with Crippen LogP contribution in [-0.4, -0.2) is 36.9 Å². The molecule has 0 radical (unpaired) electrons. The fourth-order valence-electron chi connectivity index (χ4n) is 2.03. The monoisotopic (exact) mass is 311 g/mol. The summed E-state index contributed by atoms with van der Waals surface area (Å²) in [4.78, 5) is 11.1. The van der Waals surface area contributed by atoms with E-state index < -0.39 is 16.0 Å². The lowest BCUT2D eigenvalue weighted by Crippen LogP contribution is -2.33. The summed E-state index contributed by atoms with van der Waals surface area (Å²) in [6.07, 6.45) is 0.513. The summed E-state index contributed by atoms with van der Waals surface area (Å²) in [7, 11) is -3.74. The number of hydrogen-bond donors (Lipinski definition) is 1. The number of aryl methyl sites for hydroxylation is 1. The van der Waals surface area contributed by atoms with Crippen molar-refractivity contribution < 1.29 is 18.3 Å². The summed E-state index contributed by atoms with van der Waals surface area (Å²) < 4.78 is 26.8. The normalized spacial score (nSPS) is 11.6. The van der Waals surface area contributed by atoms with Crippen LogP contribution in [0.4, 0.5) is 0 Å². The van der Waals surface area contributed by atoms with Crippen molar-refractivity contribution in [3.8, 4) is 0 Å². The number of hydrogen-bond acceptors (Lipinski definition) is 3. The second-order valence-electron chi connectivity index (χ2n) is 4.87. The standard InChI is InChI=1S/C15H21NO4S/c1-5-12-7-8-13(15(17)18)9-14(12)21(19,20)16(6-2)10-11(3)4/h7-9H,3,5-6,10H2,1-2,4H3,(H,17,18). The van der Waals surface area contributed by atoms with Crippen LogP contribution in [0.25, 0.3) is 0 Å². The molecule has 0 atom stereocenters. The molecule has 0 aliphatic carbocycles. The van der Waals surface area contributed by atoms with Crippen LogP contribution in [-0.2, 0) is 16.4 Å². The molecule has 0 spiro atoms. The molecule has 1 aromatic rings. The van der Waals surface area contributed by atoms with Gasteiger partial charge in [0.15, 0.2) is 0 Å². The Morgan fingerprint density at radius 2 is 1.95 bits per heavy atom. The molecule has 1 aromatic carbocycles. The maximum atomic E-state index is 12.7. The van der Waals surface area contributed by atoms with Crippen molar-refractivity contribution in [2.45, 2.75) is 32.1 Å². The predicted octanol–water partition coefficient (Wildman–Crippen LogP) is 2.53. The van der Waals surface area contributed by atoms with Crippen LogP contribution in [0.5, 0.6) is 0 Å². The van der Waals surface area contributed by atoms with Gasteiger partial charge in [-0.3, -0.25) is 0 Å². The van der Waals surface area contributed by atoms with Gasteiger partial charge >= 0.3 is 5.97 Å². The van der Waals surface area contributed by atoms with E-state index >= 15 is 0 Å². The Bertz CT molecular complexity index is 650. The number of carbonyl (C=O) groups is 1. The number of aromatic carboxylic acids is 1. The zero-order valence-electron chi connectivity index (χ0n) is 12.6. The Balaban J connectivity index is 3.43. The van der Waals surface area contributed by atoms with Crippen LogP contribution in [0, 0.1) is 0 Å². The van der Waals surface area contributed by atoms with E-state index in [-0.39, 0.29) is 17.0 Å². The highest BCUT2D eigenvalue weighted by molar-refractivity contribution is 7.89. The van der Waals surface area contributed by atoms with Gasteiger partial charge in [0.25, 0.3) is 0 Å². The average Bonchev–Trinajstić information content (AvgIpc) is 2.43. The summed E-state index contributed by atoms with van der Waals surface area (Å²) in [5, 5.41) is 9.06. The fourth-order valence-corrected chi connectivity index (χ4v) is 3.85. The quantitative estimate of drug-likeness (QED) is 0.785. The van der Waals surface area contributed by atoms with Crippen LogP contribution in [0.3, 0.4) is 0 Å². The lowest BCUT2D eigenvalue weighted by atomic mass is 10.1. The van der Waals surface area contributed by atoms with Gasteiger partial charge in [0.05, 0.1) is 10.5 Å². The molecule has 6 heteroatoms. The number of rotatable bonds is 7. The van der Waals surface area contributed by atoms with Gasteiger partial charge in [0, 0.05) is 13.1 Å². The van der Waals surface area contributed by atoms with Crippen molar-refractivity contribution in [2.24, 2.45) is 0 Å². The summed E-state index contributed by atoms with van der Waals surface area (Å²) in [5.74, 6) is -1.14. The third kappa shape index (κ3) is 3.92. The zero-order valence-corrected chi connectivity index (χ0v) is 13.4. The summed E-state index contributed by atoms with van der Waals surface area (Å²) in [6.45, 7) is 9.60. The minimum atomic E-state index is -3.74. The molecule has 0 unspecified atom stereocenters. The van der Waals surface area contributed by atoms with Crippen molar-refractivity contribution in [1.82, 2.24) is 4.31 Å². The van der Waals surface area contributed by atoms with Crippen molar-refractivity contribution >= 4 is 16.0 Å². The van der Waals surface area contributed by atoms with Crippen LogP contribution in [0.1, 0.15) is 36.7 Å². The molecule has 1 rings (SSSR count). The van der Waals surface area contributed by atoms with Crippen LogP contribution in [0.15, 0.2) is 35.2 Å².